The first-order chi connectivity index (χ1) is 8.69. The highest BCUT2D eigenvalue weighted by molar-refractivity contribution is 4.96. The fourth-order valence-corrected chi connectivity index (χ4v) is 2.32. The molecule has 18 heavy (non-hydrogen) atoms. The Kier molecular flexibility index (Phi) is 4.68. The van der Waals surface area contributed by atoms with Crippen molar-refractivity contribution in [2.45, 2.75) is 32.0 Å². The molecule has 6 heteroatoms. The van der Waals surface area contributed by atoms with Gasteiger partial charge in [-0.1, -0.05) is 12.1 Å². The topological polar surface area (TPSA) is 63.4 Å². The van der Waals surface area contributed by atoms with Crippen LogP contribution in [0.4, 0.5) is 0 Å². The van der Waals surface area contributed by atoms with Crippen LogP contribution in [0.25, 0.3) is 0 Å². The van der Waals surface area contributed by atoms with Gasteiger partial charge in [0.15, 0.2) is 0 Å². The Morgan fingerprint density at radius 2 is 2.44 bits per heavy atom. The Bertz CT molecular complexity index is 367. The highest BCUT2D eigenvalue weighted by Crippen LogP contribution is 2.12. The fraction of sp³-hybridized carbons (Fsp3) is 0.833. The standard InChI is InChI=1S/C12H22N4O2/c1-3-4-16-5-6-18-12(9-16)11(17)7-10-8-15(2)14-13-10/h8,11-12,17H,3-7,9H2,1-2H3. The van der Waals surface area contributed by atoms with Gasteiger partial charge in [-0.25, -0.2) is 0 Å². The van der Waals surface area contributed by atoms with Crippen LogP contribution in [0, 0.1) is 0 Å². The lowest BCUT2D eigenvalue weighted by Gasteiger charge is -2.34. The number of nitrogens with zero attached hydrogens (tertiary/aromatic N) is 4. The van der Waals surface area contributed by atoms with Crippen LogP contribution in [0.15, 0.2) is 6.20 Å². The van der Waals surface area contributed by atoms with Gasteiger partial charge in [0, 0.05) is 32.8 Å². The van der Waals surface area contributed by atoms with Gasteiger partial charge < -0.3 is 9.84 Å². The lowest BCUT2D eigenvalue weighted by Crippen LogP contribution is -2.48. The summed E-state index contributed by atoms with van der Waals surface area (Å²) in [7, 11) is 1.82. The van der Waals surface area contributed by atoms with Crippen molar-refractivity contribution in [3.63, 3.8) is 0 Å². The number of rotatable bonds is 5. The first kappa shape index (κ1) is 13.5. The van der Waals surface area contributed by atoms with Crippen LogP contribution in [0.2, 0.25) is 0 Å². The second-order valence-electron chi connectivity index (χ2n) is 4.86. The molecule has 1 saturated heterocycles. The molecule has 2 rings (SSSR count). The van der Waals surface area contributed by atoms with E-state index < -0.39 is 6.10 Å². The summed E-state index contributed by atoms with van der Waals surface area (Å²) in [5.41, 5.74) is 0.807. The molecule has 0 aromatic carbocycles. The monoisotopic (exact) mass is 254 g/mol. The van der Waals surface area contributed by atoms with E-state index in [1.807, 2.05) is 13.2 Å². The van der Waals surface area contributed by atoms with E-state index in [4.69, 9.17) is 4.74 Å². The predicted molar refractivity (Wildman–Crippen MR) is 67.2 cm³/mol. The number of aryl methyl sites for hydroxylation is 1. The van der Waals surface area contributed by atoms with E-state index in [1.54, 1.807) is 4.68 Å². The van der Waals surface area contributed by atoms with Gasteiger partial charge in [-0.3, -0.25) is 9.58 Å². The Morgan fingerprint density at radius 1 is 1.61 bits per heavy atom. The minimum Gasteiger partial charge on any atom is -0.390 e. The quantitative estimate of drug-likeness (QED) is 0.790. The van der Waals surface area contributed by atoms with Crippen molar-refractivity contribution in [1.82, 2.24) is 19.9 Å². The summed E-state index contributed by atoms with van der Waals surface area (Å²) in [5, 5.41) is 18.0. The van der Waals surface area contributed by atoms with Crippen molar-refractivity contribution in [2.75, 3.05) is 26.2 Å². The summed E-state index contributed by atoms with van der Waals surface area (Å²) in [4.78, 5) is 2.34. The van der Waals surface area contributed by atoms with Crippen LogP contribution >= 0.6 is 0 Å². The van der Waals surface area contributed by atoms with Crippen molar-refractivity contribution in [1.29, 1.82) is 0 Å². The number of hydrogen-bond donors (Lipinski definition) is 1. The van der Waals surface area contributed by atoms with Gasteiger partial charge >= 0.3 is 0 Å². The largest absolute Gasteiger partial charge is 0.390 e. The summed E-state index contributed by atoms with van der Waals surface area (Å²) in [6, 6.07) is 0. The molecule has 0 aliphatic carbocycles. The zero-order valence-electron chi connectivity index (χ0n) is 11.1. The third-order valence-electron chi connectivity index (χ3n) is 3.21. The maximum Gasteiger partial charge on any atom is 0.0964 e. The average Bonchev–Trinajstić information content (AvgIpc) is 2.75. The van der Waals surface area contributed by atoms with E-state index in [-0.39, 0.29) is 6.10 Å². The maximum absolute atomic E-state index is 10.2. The molecule has 1 aromatic rings. The molecule has 2 atom stereocenters. The lowest BCUT2D eigenvalue weighted by atomic mass is 10.1. The van der Waals surface area contributed by atoms with Crippen LogP contribution in [0.1, 0.15) is 19.0 Å². The molecular weight excluding hydrogens is 232 g/mol. The van der Waals surface area contributed by atoms with Crippen LogP contribution in [0.5, 0.6) is 0 Å². The van der Waals surface area contributed by atoms with Crippen LogP contribution in [-0.4, -0.2) is 63.4 Å². The Morgan fingerprint density at radius 3 is 3.11 bits per heavy atom. The van der Waals surface area contributed by atoms with Gasteiger partial charge in [0.1, 0.15) is 0 Å². The lowest BCUT2D eigenvalue weighted by molar-refractivity contribution is -0.0879. The molecule has 0 radical (unpaired) electrons. The zero-order chi connectivity index (χ0) is 13.0. The molecule has 0 saturated carbocycles. The molecule has 102 valence electrons. The Hall–Kier alpha value is -0.980. The van der Waals surface area contributed by atoms with Gasteiger partial charge in [-0.2, -0.15) is 0 Å². The van der Waals surface area contributed by atoms with Crippen LogP contribution < -0.4 is 0 Å². The predicted octanol–water partition coefficient (Wildman–Crippen LogP) is -0.171. The number of hydrogen-bond acceptors (Lipinski definition) is 5. The molecule has 6 nitrogen and oxygen atoms in total. The van der Waals surface area contributed by atoms with Crippen LogP contribution in [-0.2, 0) is 18.2 Å². The molecule has 0 bridgehead atoms. The highest BCUT2D eigenvalue weighted by atomic mass is 16.5. The summed E-state index contributed by atoms with van der Waals surface area (Å²) in [5.74, 6) is 0. The third-order valence-corrected chi connectivity index (χ3v) is 3.21. The summed E-state index contributed by atoms with van der Waals surface area (Å²) >= 11 is 0. The Balaban J connectivity index is 1.86. The Labute approximate surface area is 108 Å². The zero-order valence-corrected chi connectivity index (χ0v) is 11.1. The van der Waals surface area contributed by atoms with E-state index in [1.165, 1.54) is 0 Å². The normalized spacial score (nSPS) is 23.2. The number of ether oxygens (including phenoxy) is 1. The molecule has 1 aliphatic heterocycles. The maximum atomic E-state index is 10.2. The molecular formula is C12H22N4O2. The minimum absolute atomic E-state index is 0.118. The van der Waals surface area contributed by atoms with E-state index in [9.17, 15) is 5.11 Å². The number of morpholine rings is 1. The third kappa shape index (κ3) is 3.51. The highest BCUT2D eigenvalue weighted by Gasteiger charge is 2.27. The van der Waals surface area contributed by atoms with Gasteiger partial charge in [0.25, 0.3) is 0 Å². The SMILES string of the molecule is CCCN1CCOC(C(O)Cc2cn(C)nn2)C1. The van der Waals surface area contributed by atoms with Crippen molar-refractivity contribution in [3.8, 4) is 0 Å². The fourth-order valence-electron chi connectivity index (χ4n) is 2.32. The molecule has 0 spiro atoms. The summed E-state index contributed by atoms with van der Waals surface area (Å²) in [6.07, 6.45) is 2.83. The van der Waals surface area contributed by atoms with Crippen molar-refractivity contribution in [2.24, 2.45) is 7.05 Å². The number of aliphatic hydroxyl groups is 1. The molecule has 1 aliphatic rings. The average molecular weight is 254 g/mol. The summed E-state index contributed by atoms with van der Waals surface area (Å²) < 4.78 is 7.29. The number of aliphatic hydroxyl groups excluding tert-OH is 1. The van der Waals surface area contributed by atoms with Crippen molar-refractivity contribution < 1.29 is 9.84 Å². The second-order valence-corrected chi connectivity index (χ2v) is 4.86. The van der Waals surface area contributed by atoms with E-state index in [0.29, 0.717) is 13.0 Å². The molecule has 2 heterocycles. The van der Waals surface area contributed by atoms with E-state index in [0.717, 1.165) is 31.7 Å². The van der Waals surface area contributed by atoms with Gasteiger partial charge in [0.2, 0.25) is 0 Å². The molecule has 0 amide bonds. The minimum atomic E-state index is -0.513. The molecule has 2 unspecified atom stereocenters. The van der Waals surface area contributed by atoms with Crippen molar-refractivity contribution in [3.05, 3.63) is 11.9 Å². The molecule has 1 fully saturated rings. The smallest absolute Gasteiger partial charge is 0.0964 e. The van der Waals surface area contributed by atoms with Gasteiger partial charge in [-0.05, 0) is 13.0 Å². The van der Waals surface area contributed by atoms with Crippen LogP contribution in [0.3, 0.4) is 0 Å². The van der Waals surface area contributed by atoms with E-state index in [2.05, 4.69) is 22.1 Å². The second kappa shape index (κ2) is 6.26. The molecule has 1 N–H and O–H groups in total. The number of aromatic nitrogens is 3. The first-order valence-corrected chi connectivity index (χ1v) is 6.56. The van der Waals surface area contributed by atoms with Gasteiger partial charge in [0.05, 0.1) is 24.5 Å². The van der Waals surface area contributed by atoms with Crippen molar-refractivity contribution >= 4 is 0 Å². The summed E-state index contributed by atoms with van der Waals surface area (Å²) in [6.45, 7) is 5.69. The van der Waals surface area contributed by atoms with Gasteiger partial charge in [-0.15, -0.1) is 5.10 Å². The molecule has 1 aromatic heterocycles. The first-order valence-electron chi connectivity index (χ1n) is 6.56. The van der Waals surface area contributed by atoms with E-state index >= 15 is 0 Å².